The summed E-state index contributed by atoms with van der Waals surface area (Å²) in [5, 5.41) is 9.07. The molecule has 0 aliphatic heterocycles. The lowest BCUT2D eigenvalue weighted by molar-refractivity contribution is 0.301. The van der Waals surface area contributed by atoms with Crippen LogP contribution in [0.3, 0.4) is 0 Å². The number of aliphatic hydroxyl groups excluding tert-OH is 1. The number of rotatable bonds is 7. The first-order valence-electron chi connectivity index (χ1n) is 5.89. The van der Waals surface area contributed by atoms with Gasteiger partial charge in [0.15, 0.2) is 5.82 Å². The lowest BCUT2D eigenvalue weighted by Crippen LogP contribution is -2.29. The van der Waals surface area contributed by atoms with E-state index in [0.29, 0.717) is 23.9 Å². The van der Waals surface area contributed by atoms with Gasteiger partial charge in [-0.1, -0.05) is 13.3 Å². The van der Waals surface area contributed by atoms with Crippen molar-refractivity contribution in [3.05, 3.63) is 12.1 Å². The van der Waals surface area contributed by atoms with E-state index in [1.54, 1.807) is 19.2 Å². The van der Waals surface area contributed by atoms with Gasteiger partial charge in [-0.2, -0.15) is 4.98 Å². The molecule has 0 bridgehead atoms. The molecule has 0 fully saturated rings. The fourth-order valence-corrected chi connectivity index (χ4v) is 1.60. The van der Waals surface area contributed by atoms with E-state index >= 15 is 0 Å². The van der Waals surface area contributed by atoms with Gasteiger partial charge >= 0.3 is 0 Å². The van der Waals surface area contributed by atoms with Gasteiger partial charge in [0, 0.05) is 19.2 Å². The van der Waals surface area contributed by atoms with Gasteiger partial charge in [0.05, 0.1) is 19.4 Å². The van der Waals surface area contributed by atoms with Crippen LogP contribution in [-0.2, 0) is 0 Å². The molecule has 0 amide bonds. The van der Waals surface area contributed by atoms with Crippen molar-refractivity contribution in [2.75, 3.05) is 37.4 Å². The molecule has 0 saturated heterocycles. The summed E-state index contributed by atoms with van der Waals surface area (Å²) in [6.07, 6.45) is 2.13. The van der Waals surface area contributed by atoms with E-state index in [-0.39, 0.29) is 6.61 Å². The summed E-state index contributed by atoms with van der Waals surface area (Å²) in [5.41, 5.74) is 6.51. The van der Waals surface area contributed by atoms with Crippen LogP contribution in [0.25, 0.3) is 0 Å². The fourth-order valence-electron chi connectivity index (χ4n) is 1.60. The van der Waals surface area contributed by atoms with E-state index in [0.717, 1.165) is 19.4 Å². The number of methoxy groups -OCH3 is 1. The first-order valence-corrected chi connectivity index (χ1v) is 5.89. The van der Waals surface area contributed by atoms with E-state index < -0.39 is 0 Å². The highest BCUT2D eigenvalue weighted by atomic mass is 16.5. The molecular weight excluding hydrogens is 218 g/mol. The summed E-state index contributed by atoms with van der Waals surface area (Å²) >= 11 is 0. The van der Waals surface area contributed by atoms with Crippen molar-refractivity contribution in [2.45, 2.75) is 19.8 Å². The van der Waals surface area contributed by atoms with Crippen molar-refractivity contribution < 1.29 is 9.84 Å². The number of anilines is 2. The number of ether oxygens (including phenoxy) is 1. The second-order valence-electron chi connectivity index (χ2n) is 3.83. The molecule has 5 heteroatoms. The largest absolute Gasteiger partial charge is 0.481 e. The molecule has 0 aliphatic carbocycles. The highest BCUT2D eigenvalue weighted by molar-refractivity contribution is 5.63. The molecule has 0 aromatic carbocycles. The summed E-state index contributed by atoms with van der Waals surface area (Å²) in [7, 11) is 1.57. The lowest BCUT2D eigenvalue weighted by Gasteiger charge is -2.24. The van der Waals surface area contributed by atoms with Crippen molar-refractivity contribution in [3.8, 4) is 5.88 Å². The van der Waals surface area contributed by atoms with Gasteiger partial charge in [0.2, 0.25) is 5.88 Å². The van der Waals surface area contributed by atoms with Crippen molar-refractivity contribution in [1.29, 1.82) is 0 Å². The van der Waals surface area contributed by atoms with Crippen LogP contribution < -0.4 is 15.4 Å². The molecule has 96 valence electrons. The number of hydrogen-bond donors (Lipinski definition) is 2. The quantitative estimate of drug-likeness (QED) is 0.749. The number of nitrogen functional groups attached to an aromatic ring is 1. The molecular formula is C12H21N3O2. The third-order valence-electron chi connectivity index (χ3n) is 2.54. The number of hydrogen-bond acceptors (Lipinski definition) is 5. The number of aliphatic hydroxyl groups is 1. The minimum Gasteiger partial charge on any atom is -0.481 e. The van der Waals surface area contributed by atoms with Crippen molar-refractivity contribution in [3.63, 3.8) is 0 Å². The van der Waals surface area contributed by atoms with Crippen LogP contribution in [0.4, 0.5) is 11.5 Å². The normalized spacial score (nSPS) is 10.3. The topological polar surface area (TPSA) is 71.6 Å². The first-order chi connectivity index (χ1) is 8.22. The van der Waals surface area contributed by atoms with Crippen molar-refractivity contribution in [2.24, 2.45) is 0 Å². The molecule has 3 N–H and O–H groups in total. The van der Waals surface area contributed by atoms with Gasteiger partial charge < -0.3 is 20.5 Å². The summed E-state index contributed by atoms with van der Waals surface area (Å²) in [6.45, 7) is 3.58. The molecule has 1 aromatic rings. The zero-order valence-electron chi connectivity index (χ0n) is 10.5. The van der Waals surface area contributed by atoms with Gasteiger partial charge in [0.25, 0.3) is 0 Å². The molecule has 0 unspecified atom stereocenters. The molecule has 1 aromatic heterocycles. The average molecular weight is 239 g/mol. The zero-order valence-corrected chi connectivity index (χ0v) is 10.5. The second kappa shape index (κ2) is 6.96. The molecule has 0 spiro atoms. The summed E-state index contributed by atoms with van der Waals surface area (Å²) in [5.74, 6) is 1.22. The van der Waals surface area contributed by atoms with Gasteiger partial charge in [-0.3, -0.25) is 0 Å². The van der Waals surface area contributed by atoms with E-state index in [1.807, 2.05) is 4.90 Å². The third kappa shape index (κ3) is 3.78. The minimum atomic E-state index is 0.0854. The Labute approximate surface area is 102 Å². The second-order valence-corrected chi connectivity index (χ2v) is 3.83. The maximum atomic E-state index is 9.07. The number of pyridine rings is 1. The predicted octanol–water partition coefficient (Wildman–Crippen LogP) is 1.27. The van der Waals surface area contributed by atoms with Crippen LogP contribution >= 0.6 is 0 Å². The standard InChI is InChI=1S/C12H21N3O2/c1-3-4-7-15(8-9-16)12-10(13)5-6-11(14-12)17-2/h5-6,16H,3-4,7-9,13H2,1-2H3. The monoisotopic (exact) mass is 239 g/mol. The van der Waals surface area contributed by atoms with Crippen LogP contribution in [0.15, 0.2) is 12.1 Å². The van der Waals surface area contributed by atoms with Crippen LogP contribution in [0.1, 0.15) is 19.8 Å². The minimum absolute atomic E-state index is 0.0854. The number of unbranched alkanes of at least 4 members (excludes halogenated alkanes) is 1. The van der Waals surface area contributed by atoms with Crippen molar-refractivity contribution in [1.82, 2.24) is 4.98 Å². The van der Waals surface area contributed by atoms with Crippen LogP contribution in [0.2, 0.25) is 0 Å². The summed E-state index contributed by atoms with van der Waals surface area (Å²) in [4.78, 5) is 6.32. The number of aromatic nitrogens is 1. The molecule has 0 atom stereocenters. The first kappa shape index (κ1) is 13.6. The highest BCUT2D eigenvalue weighted by Gasteiger charge is 2.11. The Morgan fingerprint density at radius 1 is 1.41 bits per heavy atom. The Bertz CT molecular complexity index is 345. The predicted molar refractivity (Wildman–Crippen MR) is 69.4 cm³/mol. The smallest absolute Gasteiger partial charge is 0.215 e. The fraction of sp³-hybridized carbons (Fsp3) is 0.583. The summed E-state index contributed by atoms with van der Waals surface area (Å²) in [6, 6.07) is 3.51. The molecule has 0 aliphatic rings. The molecule has 0 radical (unpaired) electrons. The number of nitrogens with two attached hydrogens (primary N) is 1. The van der Waals surface area contributed by atoms with Gasteiger partial charge in [0.1, 0.15) is 0 Å². The van der Waals surface area contributed by atoms with Crippen LogP contribution in [0, 0.1) is 0 Å². The maximum Gasteiger partial charge on any atom is 0.215 e. The van der Waals surface area contributed by atoms with Gasteiger partial charge in [-0.05, 0) is 12.5 Å². The van der Waals surface area contributed by atoms with E-state index in [4.69, 9.17) is 15.6 Å². The van der Waals surface area contributed by atoms with E-state index in [1.165, 1.54) is 0 Å². The molecule has 0 saturated carbocycles. The molecule has 1 rings (SSSR count). The number of nitrogens with zero attached hydrogens (tertiary/aromatic N) is 2. The van der Waals surface area contributed by atoms with Crippen molar-refractivity contribution >= 4 is 11.5 Å². The maximum absolute atomic E-state index is 9.07. The SMILES string of the molecule is CCCCN(CCO)c1nc(OC)ccc1N. The Morgan fingerprint density at radius 2 is 2.18 bits per heavy atom. The Morgan fingerprint density at radius 3 is 2.76 bits per heavy atom. The Balaban J connectivity index is 2.90. The molecule has 1 heterocycles. The molecule has 5 nitrogen and oxygen atoms in total. The Kier molecular flexibility index (Phi) is 5.56. The Hall–Kier alpha value is -1.49. The van der Waals surface area contributed by atoms with Gasteiger partial charge in [-0.25, -0.2) is 0 Å². The van der Waals surface area contributed by atoms with Gasteiger partial charge in [-0.15, -0.1) is 0 Å². The van der Waals surface area contributed by atoms with Crippen LogP contribution in [0.5, 0.6) is 5.88 Å². The van der Waals surface area contributed by atoms with Crippen LogP contribution in [-0.4, -0.2) is 36.9 Å². The summed E-state index contributed by atoms with van der Waals surface area (Å²) < 4.78 is 5.09. The van der Waals surface area contributed by atoms with E-state index in [2.05, 4.69) is 11.9 Å². The zero-order chi connectivity index (χ0) is 12.7. The average Bonchev–Trinajstić information content (AvgIpc) is 2.35. The third-order valence-corrected chi connectivity index (χ3v) is 2.54. The lowest BCUT2D eigenvalue weighted by atomic mass is 10.3. The highest BCUT2D eigenvalue weighted by Crippen LogP contribution is 2.23. The van der Waals surface area contributed by atoms with E-state index in [9.17, 15) is 0 Å². The molecule has 17 heavy (non-hydrogen) atoms.